The third-order valence-electron chi connectivity index (χ3n) is 2.10. The van der Waals surface area contributed by atoms with Crippen LogP contribution in [-0.2, 0) is 6.42 Å². The Bertz CT molecular complexity index is 519. The van der Waals surface area contributed by atoms with Crippen molar-refractivity contribution in [3.63, 3.8) is 0 Å². The van der Waals surface area contributed by atoms with Gasteiger partial charge in [0.15, 0.2) is 0 Å². The van der Waals surface area contributed by atoms with E-state index in [4.69, 9.17) is 5.26 Å². The van der Waals surface area contributed by atoms with Crippen LogP contribution >= 0.6 is 0 Å². The van der Waals surface area contributed by atoms with E-state index in [0.717, 1.165) is 12.1 Å². The first-order chi connectivity index (χ1) is 7.70. The average molecular weight is 220 g/mol. The van der Waals surface area contributed by atoms with Gasteiger partial charge < -0.3 is 0 Å². The minimum absolute atomic E-state index is 0.000124. The van der Waals surface area contributed by atoms with E-state index >= 15 is 0 Å². The summed E-state index contributed by atoms with van der Waals surface area (Å²) in [6.07, 6.45) is 1.46. The summed E-state index contributed by atoms with van der Waals surface area (Å²) in [7, 11) is 0. The number of hydrogen-bond donors (Lipinski definition) is 1. The normalized spacial score (nSPS) is 10.1. The number of aromatic nitrogens is 3. The van der Waals surface area contributed by atoms with Crippen molar-refractivity contribution in [3.05, 3.63) is 46.8 Å². The van der Waals surface area contributed by atoms with Gasteiger partial charge in [-0.2, -0.15) is 5.26 Å². The van der Waals surface area contributed by atoms with Gasteiger partial charge in [0, 0.05) is 18.2 Å². The number of nitrogens with zero attached hydrogens (tertiary/aromatic N) is 3. The highest BCUT2D eigenvalue weighted by molar-refractivity contribution is 5.35. The number of hydrogen-bond acceptors (Lipinski definition) is 3. The van der Waals surface area contributed by atoms with Crippen molar-refractivity contribution in [1.29, 1.82) is 5.26 Å². The minimum atomic E-state index is -0.750. The largest absolute Gasteiger partial charge is 0.265 e. The average Bonchev–Trinajstić information content (AvgIpc) is 2.75. The first-order valence-corrected chi connectivity index (χ1v) is 4.44. The van der Waals surface area contributed by atoms with Gasteiger partial charge in [0.1, 0.15) is 11.6 Å². The number of halogens is 2. The predicted molar refractivity (Wildman–Crippen MR) is 50.3 cm³/mol. The van der Waals surface area contributed by atoms with Gasteiger partial charge in [-0.25, -0.2) is 8.78 Å². The Kier molecular flexibility index (Phi) is 2.60. The molecule has 0 saturated heterocycles. The van der Waals surface area contributed by atoms with Gasteiger partial charge in [0.05, 0.1) is 17.3 Å². The van der Waals surface area contributed by atoms with Crippen LogP contribution in [0, 0.1) is 23.0 Å². The first-order valence-electron chi connectivity index (χ1n) is 4.44. The molecule has 0 radical (unpaired) electrons. The number of aromatic amines is 1. The SMILES string of the molecule is N#Cc1cc(F)c(Cc2c[nH]nn2)c(F)c1. The molecule has 0 aliphatic carbocycles. The van der Waals surface area contributed by atoms with Crippen molar-refractivity contribution in [1.82, 2.24) is 15.4 Å². The molecule has 2 aromatic rings. The van der Waals surface area contributed by atoms with Crippen LogP contribution in [0.1, 0.15) is 16.8 Å². The highest BCUT2D eigenvalue weighted by Gasteiger charge is 2.12. The fraction of sp³-hybridized carbons (Fsp3) is 0.100. The topological polar surface area (TPSA) is 65.4 Å². The number of nitriles is 1. The van der Waals surface area contributed by atoms with E-state index in [1.54, 1.807) is 6.07 Å². The third kappa shape index (κ3) is 1.88. The Balaban J connectivity index is 2.39. The minimum Gasteiger partial charge on any atom is -0.265 e. The molecule has 0 unspecified atom stereocenters. The molecule has 4 nitrogen and oxygen atoms in total. The van der Waals surface area contributed by atoms with Crippen LogP contribution in [0.4, 0.5) is 8.78 Å². The third-order valence-corrected chi connectivity index (χ3v) is 2.10. The summed E-state index contributed by atoms with van der Waals surface area (Å²) in [5, 5.41) is 18.0. The molecule has 0 fully saturated rings. The first kappa shape index (κ1) is 10.2. The number of rotatable bonds is 2. The molecule has 6 heteroatoms. The van der Waals surface area contributed by atoms with E-state index in [1.165, 1.54) is 6.20 Å². The molecule has 0 amide bonds. The maximum Gasteiger partial charge on any atom is 0.131 e. The Morgan fingerprint density at radius 3 is 2.50 bits per heavy atom. The molecule has 16 heavy (non-hydrogen) atoms. The van der Waals surface area contributed by atoms with Gasteiger partial charge in [-0.15, -0.1) is 5.10 Å². The van der Waals surface area contributed by atoms with E-state index < -0.39 is 11.6 Å². The fourth-order valence-electron chi connectivity index (χ4n) is 1.33. The lowest BCUT2D eigenvalue weighted by Gasteiger charge is -2.02. The smallest absolute Gasteiger partial charge is 0.131 e. The van der Waals surface area contributed by atoms with Crippen molar-refractivity contribution in [2.75, 3.05) is 0 Å². The van der Waals surface area contributed by atoms with Crippen molar-refractivity contribution >= 4 is 0 Å². The van der Waals surface area contributed by atoms with Crippen LogP contribution < -0.4 is 0 Å². The molecule has 2 rings (SSSR count). The van der Waals surface area contributed by atoms with E-state index in [0.29, 0.717) is 5.69 Å². The zero-order chi connectivity index (χ0) is 11.5. The van der Waals surface area contributed by atoms with E-state index in [2.05, 4.69) is 15.4 Å². The van der Waals surface area contributed by atoms with Gasteiger partial charge in [0.25, 0.3) is 0 Å². The maximum absolute atomic E-state index is 13.4. The number of benzene rings is 1. The summed E-state index contributed by atoms with van der Waals surface area (Å²) >= 11 is 0. The zero-order valence-corrected chi connectivity index (χ0v) is 8.04. The van der Waals surface area contributed by atoms with Crippen LogP contribution in [0.25, 0.3) is 0 Å². The van der Waals surface area contributed by atoms with Crippen LogP contribution in [0.3, 0.4) is 0 Å². The summed E-state index contributed by atoms with van der Waals surface area (Å²) in [6.45, 7) is 0. The van der Waals surface area contributed by atoms with Crippen LogP contribution in [-0.4, -0.2) is 15.4 Å². The fourth-order valence-corrected chi connectivity index (χ4v) is 1.33. The van der Waals surface area contributed by atoms with E-state index in [-0.39, 0.29) is 17.5 Å². The molecule has 0 bridgehead atoms. The van der Waals surface area contributed by atoms with Crippen LogP contribution in [0.5, 0.6) is 0 Å². The zero-order valence-electron chi connectivity index (χ0n) is 8.04. The molecule has 1 N–H and O–H groups in total. The summed E-state index contributed by atoms with van der Waals surface area (Å²) in [5.41, 5.74) is 0.273. The predicted octanol–water partition coefficient (Wildman–Crippen LogP) is 1.55. The molecule has 0 aliphatic heterocycles. The molecule has 1 heterocycles. The van der Waals surface area contributed by atoms with Gasteiger partial charge in [-0.3, -0.25) is 5.10 Å². The van der Waals surface area contributed by atoms with Crippen LogP contribution in [0.15, 0.2) is 18.3 Å². The highest BCUT2D eigenvalue weighted by atomic mass is 19.1. The Morgan fingerprint density at radius 2 is 2.00 bits per heavy atom. The van der Waals surface area contributed by atoms with Gasteiger partial charge in [0.2, 0.25) is 0 Å². The second-order valence-electron chi connectivity index (χ2n) is 3.17. The maximum atomic E-state index is 13.4. The van der Waals surface area contributed by atoms with Crippen molar-refractivity contribution in [2.24, 2.45) is 0 Å². The van der Waals surface area contributed by atoms with Crippen LogP contribution in [0.2, 0.25) is 0 Å². The van der Waals surface area contributed by atoms with Crippen molar-refractivity contribution in [3.8, 4) is 6.07 Å². The lowest BCUT2D eigenvalue weighted by Crippen LogP contribution is -1.99. The van der Waals surface area contributed by atoms with Gasteiger partial charge in [-0.1, -0.05) is 5.21 Å². The molecule has 1 aromatic carbocycles. The Morgan fingerprint density at radius 1 is 1.31 bits per heavy atom. The van der Waals surface area contributed by atoms with E-state index in [1.807, 2.05) is 0 Å². The quantitative estimate of drug-likeness (QED) is 0.834. The molecule has 0 aliphatic rings. The highest BCUT2D eigenvalue weighted by Crippen LogP contribution is 2.17. The van der Waals surface area contributed by atoms with Crippen molar-refractivity contribution in [2.45, 2.75) is 6.42 Å². The molecular weight excluding hydrogens is 214 g/mol. The standard InChI is InChI=1S/C10H6F2N4/c11-9-1-6(4-13)2-10(12)8(9)3-7-5-14-16-15-7/h1-2,5H,3H2,(H,14,15,16). The second-order valence-corrected chi connectivity index (χ2v) is 3.17. The Labute approximate surface area is 89.5 Å². The summed E-state index contributed by atoms with van der Waals surface area (Å²) in [5.74, 6) is -1.50. The second kappa shape index (κ2) is 4.06. The number of H-pyrrole nitrogens is 1. The lowest BCUT2D eigenvalue weighted by atomic mass is 10.1. The van der Waals surface area contributed by atoms with Gasteiger partial charge >= 0.3 is 0 Å². The molecular formula is C10H6F2N4. The van der Waals surface area contributed by atoms with Crippen molar-refractivity contribution < 1.29 is 8.78 Å². The van der Waals surface area contributed by atoms with Gasteiger partial charge in [-0.05, 0) is 12.1 Å². The molecule has 0 atom stereocenters. The summed E-state index contributed by atoms with van der Waals surface area (Å²) < 4.78 is 26.9. The lowest BCUT2D eigenvalue weighted by molar-refractivity contribution is 0.559. The molecule has 80 valence electrons. The molecule has 0 spiro atoms. The van der Waals surface area contributed by atoms with E-state index in [9.17, 15) is 8.78 Å². The summed E-state index contributed by atoms with van der Waals surface area (Å²) in [4.78, 5) is 0. The summed E-state index contributed by atoms with van der Waals surface area (Å²) in [6, 6.07) is 3.68. The molecule has 1 aromatic heterocycles. The monoisotopic (exact) mass is 220 g/mol. The molecule has 0 saturated carbocycles. The Hall–Kier alpha value is -2.29. The number of nitrogens with one attached hydrogen (secondary N) is 1.